The van der Waals surface area contributed by atoms with Crippen molar-refractivity contribution in [3.63, 3.8) is 0 Å². The lowest BCUT2D eigenvalue weighted by atomic mass is 9.87. The summed E-state index contributed by atoms with van der Waals surface area (Å²) in [7, 11) is 1.58. The molecule has 1 aliphatic rings. The highest BCUT2D eigenvalue weighted by Crippen LogP contribution is 2.35. The van der Waals surface area contributed by atoms with Gasteiger partial charge in [0.1, 0.15) is 6.04 Å². The van der Waals surface area contributed by atoms with Crippen LogP contribution in [-0.2, 0) is 20.7 Å². The third kappa shape index (κ3) is 4.04. The number of thiophene rings is 1. The highest BCUT2D eigenvalue weighted by Gasteiger charge is 2.30. The van der Waals surface area contributed by atoms with Gasteiger partial charge >= 0.3 is 5.97 Å². The third-order valence-electron chi connectivity index (χ3n) is 3.82. The van der Waals surface area contributed by atoms with E-state index in [-0.39, 0.29) is 11.8 Å². The predicted molar refractivity (Wildman–Crippen MR) is 80.7 cm³/mol. The molecule has 2 unspecified atom stereocenters. The minimum Gasteiger partial charge on any atom is -0.480 e. The summed E-state index contributed by atoms with van der Waals surface area (Å²) >= 11 is 1.68. The standard InChI is InChI=1S/C15H21NO4S/c1-20-8-3-5-12(15(18)19)16-14(17)11-4-2-6-13-10(11)7-9-21-13/h7,9,11-12H,2-6,8H2,1H3,(H,16,17)(H,18,19). The number of carbonyl (C=O) groups excluding carboxylic acids is 1. The van der Waals surface area contributed by atoms with E-state index in [1.807, 2.05) is 11.4 Å². The number of hydrogen-bond acceptors (Lipinski definition) is 4. The lowest BCUT2D eigenvalue weighted by molar-refractivity contribution is -0.142. The molecule has 6 heteroatoms. The average Bonchev–Trinajstić information content (AvgIpc) is 2.94. The average molecular weight is 311 g/mol. The van der Waals surface area contributed by atoms with Gasteiger partial charge in [-0.25, -0.2) is 4.79 Å². The molecule has 21 heavy (non-hydrogen) atoms. The molecule has 0 spiro atoms. The van der Waals surface area contributed by atoms with E-state index in [4.69, 9.17) is 4.74 Å². The Morgan fingerprint density at radius 2 is 2.38 bits per heavy atom. The van der Waals surface area contributed by atoms with Crippen molar-refractivity contribution in [1.82, 2.24) is 5.32 Å². The molecule has 0 saturated carbocycles. The van der Waals surface area contributed by atoms with Crippen LogP contribution in [0.4, 0.5) is 0 Å². The molecule has 2 atom stereocenters. The van der Waals surface area contributed by atoms with Crippen LogP contribution >= 0.6 is 11.3 Å². The Balaban J connectivity index is 1.98. The molecule has 2 N–H and O–H groups in total. The van der Waals surface area contributed by atoms with Gasteiger partial charge in [0.2, 0.25) is 5.91 Å². The minimum absolute atomic E-state index is 0.167. The Bertz CT molecular complexity index is 500. The van der Waals surface area contributed by atoms with Gasteiger partial charge in [-0.05, 0) is 49.1 Å². The quantitative estimate of drug-likeness (QED) is 0.757. The molecule has 0 aliphatic heterocycles. The highest BCUT2D eigenvalue weighted by molar-refractivity contribution is 7.10. The van der Waals surface area contributed by atoms with E-state index in [1.54, 1.807) is 18.4 Å². The number of carbonyl (C=O) groups is 2. The first kappa shape index (κ1) is 16.0. The van der Waals surface area contributed by atoms with Crippen molar-refractivity contribution < 1.29 is 19.4 Å². The Morgan fingerprint density at radius 1 is 1.57 bits per heavy atom. The van der Waals surface area contributed by atoms with Crippen LogP contribution in [0.5, 0.6) is 0 Å². The summed E-state index contributed by atoms with van der Waals surface area (Å²) in [6.07, 6.45) is 3.79. The fourth-order valence-corrected chi connectivity index (χ4v) is 3.71. The van der Waals surface area contributed by atoms with E-state index in [0.29, 0.717) is 19.4 Å². The summed E-state index contributed by atoms with van der Waals surface area (Å²) in [6, 6.07) is 1.15. The van der Waals surface area contributed by atoms with Gasteiger partial charge in [0.05, 0.1) is 5.92 Å². The number of carboxylic acid groups (broad SMARTS) is 1. The zero-order chi connectivity index (χ0) is 15.2. The van der Waals surface area contributed by atoms with Gasteiger partial charge in [-0.1, -0.05) is 0 Å². The lowest BCUT2D eigenvalue weighted by Crippen LogP contribution is -2.43. The third-order valence-corrected chi connectivity index (χ3v) is 4.82. The first-order chi connectivity index (χ1) is 10.1. The Morgan fingerprint density at radius 3 is 3.10 bits per heavy atom. The molecule has 0 aromatic carbocycles. The summed E-state index contributed by atoms with van der Waals surface area (Å²) in [6.45, 7) is 0.498. The van der Waals surface area contributed by atoms with Crippen molar-refractivity contribution in [2.24, 2.45) is 0 Å². The second-order valence-corrected chi connectivity index (χ2v) is 6.28. The fourth-order valence-electron chi connectivity index (χ4n) is 2.72. The van der Waals surface area contributed by atoms with E-state index in [1.165, 1.54) is 4.88 Å². The number of fused-ring (bicyclic) bond motifs is 1. The Labute approximate surface area is 128 Å². The number of nitrogens with one attached hydrogen (secondary N) is 1. The molecular formula is C15H21NO4S. The van der Waals surface area contributed by atoms with Crippen LogP contribution in [0.3, 0.4) is 0 Å². The smallest absolute Gasteiger partial charge is 0.326 e. The molecule has 0 fully saturated rings. The van der Waals surface area contributed by atoms with Crippen LogP contribution in [0.2, 0.25) is 0 Å². The van der Waals surface area contributed by atoms with Gasteiger partial charge in [0.25, 0.3) is 0 Å². The van der Waals surface area contributed by atoms with Crippen molar-refractivity contribution in [2.45, 2.75) is 44.1 Å². The maximum Gasteiger partial charge on any atom is 0.326 e. The van der Waals surface area contributed by atoms with E-state index >= 15 is 0 Å². The summed E-state index contributed by atoms with van der Waals surface area (Å²) in [5, 5.41) is 13.9. The van der Waals surface area contributed by atoms with E-state index in [0.717, 1.165) is 24.8 Å². The summed E-state index contributed by atoms with van der Waals surface area (Å²) in [5.41, 5.74) is 1.07. The largest absolute Gasteiger partial charge is 0.480 e. The summed E-state index contributed by atoms with van der Waals surface area (Å²) in [5.74, 6) is -1.36. The van der Waals surface area contributed by atoms with Gasteiger partial charge < -0.3 is 15.2 Å². The molecule has 1 aliphatic carbocycles. The van der Waals surface area contributed by atoms with Crippen LogP contribution in [-0.4, -0.2) is 36.7 Å². The maximum atomic E-state index is 12.4. The van der Waals surface area contributed by atoms with E-state index in [9.17, 15) is 14.7 Å². The van der Waals surface area contributed by atoms with Gasteiger partial charge in [-0.15, -0.1) is 11.3 Å². The topological polar surface area (TPSA) is 75.6 Å². The van der Waals surface area contributed by atoms with Crippen molar-refractivity contribution in [1.29, 1.82) is 0 Å². The number of aryl methyl sites for hydroxylation is 1. The molecule has 0 bridgehead atoms. The van der Waals surface area contributed by atoms with Crippen molar-refractivity contribution in [3.8, 4) is 0 Å². The molecule has 1 heterocycles. The molecule has 2 rings (SSSR count). The minimum atomic E-state index is -0.985. The zero-order valence-corrected chi connectivity index (χ0v) is 12.9. The predicted octanol–water partition coefficient (Wildman–Crippen LogP) is 2.16. The SMILES string of the molecule is COCCCC(NC(=O)C1CCCc2sccc21)C(=O)O. The van der Waals surface area contributed by atoms with E-state index in [2.05, 4.69) is 5.32 Å². The normalized spacial score (nSPS) is 18.8. The van der Waals surface area contributed by atoms with Gasteiger partial charge in [-0.2, -0.15) is 0 Å². The number of ether oxygens (including phenoxy) is 1. The molecule has 5 nitrogen and oxygen atoms in total. The second kappa shape index (κ2) is 7.56. The molecular weight excluding hydrogens is 290 g/mol. The van der Waals surface area contributed by atoms with Crippen LogP contribution < -0.4 is 5.32 Å². The number of carboxylic acids is 1. The molecule has 1 amide bonds. The number of methoxy groups -OCH3 is 1. The lowest BCUT2D eigenvalue weighted by Gasteiger charge is -2.24. The van der Waals surface area contributed by atoms with Gasteiger partial charge in [0.15, 0.2) is 0 Å². The van der Waals surface area contributed by atoms with E-state index < -0.39 is 12.0 Å². The van der Waals surface area contributed by atoms with Gasteiger partial charge in [0, 0.05) is 18.6 Å². The number of amides is 1. The zero-order valence-electron chi connectivity index (χ0n) is 12.1. The first-order valence-electron chi connectivity index (χ1n) is 7.22. The van der Waals surface area contributed by atoms with Crippen LogP contribution in [0.15, 0.2) is 11.4 Å². The Hall–Kier alpha value is -1.40. The molecule has 0 radical (unpaired) electrons. The first-order valence-corrected chi connectivity index (χ1v) is 8.10. The van der Waals surface area contributed by atoms with Crippen molar-refractivity contribution in [2.75, 3.05) is 13.7 Å². The number of hydrogen-bond donors (Lipinski definition) is 2. The number of aliphatic carboxylic acids is 1. The molecule has 1 aromatic rings. The van der Waals surface area contributed by atoms with Crippen LogP contribution in [0, 0.1) is 0 Å². The monoisotopic (exact) mass is 311 g/mol. The fraction of sp³-hybridized carbons (Fsp3) is 0.600. The second-order valence-electron chi connectivity index (χ2n) is 5.28. The summed E-state index contributed by atoms with van der Waals surface area (Å²) in [4.78, 5) is 24.9. The van der Waals surface area contributed by atoms with Crippen LogP contribution in [0.25, 0.3) is 0 Å². The summed E-state index contributed by atoms with van der Waals surface area (Å²) < 4.78 is 4.93. The number of rotatable bonds is 7. The van der Waals surface area contributed by atoms with Gasteiger partial charge in [-0.3, -0.25) is 4.79 Å². The Kier molecular flexibility index (Phi) is 5.76. The maximum absolute atomic E-state index is 12.4. The highest BCUT2D eigenvalue weighted by atomic mass is 32.1. The van der Waals surface area contributed by atoms with Crippen molar-refractivity contribution in [3.05, 3.63) is 21.9 Å². The molecule has 1 aromatic heterocycles. The molecule has 0 saturated heterocycles. The molecule has 116 valence electrons. The van der Waals surface area contributed by atoms with Crippen LogP contribution in [0.1, 0.15) is 42.0 Å². The van der Waals surface area contributed by atoms with Crippen molar-refractivity contribution >= 4 is 23.2 Å².